The van der Waals surface area contributed by atoms with Crippen LogP contribution in [0.3, 0.4) is 0 Å². The molecule has 7 heteroatoms. The second-order valence-corrected chi connectivity index (χ2v) is 5.07. The van der Waals surface area contributed by atoms with Crippen molar-refractivity contribution in [2.75, 3.05) is 11.9 Å². The van der Waals surface area contributed by atoms with Crippen molar-refractivity contribution in [2.45, 2.75) is 6.92 Å². The third-order valence-corrected chi connectivity index (χ3v) is 3.42. The van der Waals surface area contributed by atoms with E-state index in [0.29, 0.717) is 11.3 Å². The number of ether oxygens (including phenoxy) is 1. The van der Waals surface area contributed by atoms with Gasteiger partial charge in [-0.1, -0.05) is 18.2 Å². The number of hydrogen-bond donors (Lipinski definition) is 1. The van der Waals surface area contributed by atoms with Gasteiger partial charge in [0.05, 0.1) is 24.1 Å². The monoisotopic (exact) mass is 336 g/mol. The van der Waals surface area contributed by atoms with Crippen LogP contribution < -0.4 is 5.32 Å². The van der Waals surface area contributed by atoms with Crippen molar-refractivity contribution >= 4 is 17.7 Å². The van der Waals surface area contributed by atoms with Crippen LogP contribution in [0, 0.1) is 0 Å². The van der Waals surface area contributed by atoms with Crippen molar-refractivity contribution in [3.63, 3.8) is 0 Å². The number of carbonyl (C=O) groups excluding carboxylic acids is 2. The van der Waals surface area contributed by atoms with Crippen LogP contribution in [0.15, 0.2) is 61.1 Å². The van der Waals surface area contributed by atoms with Gasteiger partial charge in [0.15, 0.2) is 5.82 Å². The molecule has 0 saturated carbocycles. The third kappa shape index (κ3) is 3.55. The van der Waals surface area contributed by atoms with E-state index in [2.05, 4.69) is 15.4 Å². The van der Waals surface area contributed by atoms with Crippen LogP contribution in [-0.4, -0.2) is 33.2 Å². The molecule has 0 fully saturated rings. The van der Waals surface area contributed by atoms with E-state index in [1.54, 1.807) is 25.3 Å². The van der Waals surface area contributed by atoms with E-state index in [1.165, 1.54) is 17.1 Å². The van der Waals surface area contributed by atoms with Crippen molar-refractivity contribution in [1.29, 1.82) is 0 Å². The number of nitrogens with zero attached hydrogens (tertiary/aromatic N) is 3. The maximum atomic E-state index is 12.5. The Kier molecular flexibility index (Phi) is 4.84. The van der Waals surface area contributed by atoms with Gasteiger partial charge < -0.3 is 10.1 Å². The van der Waals surface area contributed by atoms with Crippen LogP contribution in [0.1, 0.15) is 27.6 Å². The Morgan fingerprint density at radius 1 is 1.12 bits per heavy atom. The number of benzene rings is 1. The number of para-hydroxylation sites is 1. The summed E-state index contributed by atoms with van der Waals surface area (Å²) in [4.78, 5) is 28.6. The summed E-state index contributed by atoms with van der Waals surface area (Å²) in [6.45, 7) is 1.94. The summed E-state index contributed by atoms with van der Waals surface area (Å²) >= 11 is 0. The molecule has 1 amide bonds. The molecule has 0 atom stereocenters. The number of rotatable bonds is 5. The molecule has 3 aromatic rings. The Hall–Kier alpha value is -3.48. The number of esters is 1. The number of aromatic nitrogens is 3. The zero-order valence-corrected chi connectivity index (χ0v) is 13.5. The van der Waals surface area contributed by atoms with Gasteiger partial charge in [-0.2, -0.15) is 5.10 Å². The normalized spacial score (nSPS) is 10.3. The van der Waals surface area contributed by atoms with Crippen LogP contribution in [0.5, 0.6) is 0 Å². The summed E-state index contributed by atoms with van der Waals surface area (Å²) in [5.74, 6) is -0.694. The van der Waals surface area contributed by atoms with E-state index >= 15 is 0 Å². The molecule has 0 aliphatic heterocycles. The Morgan fingerprint density at radius 2 is 1.92 bits per heavy atom. The Labute approximate surface area is 144 Å². The highest BCUT2D eigenvalue weighted by Crippen LogP contribution is 2.22. The molecular formula is C18H16N4O3. The fourth-order valence-electron chi connectivity index (χ4n) is 2.27. The van der Waals surface area contributed by atoms with Gasteiger partial charge in [-0.3, -0.25) is 9.78 Å². The molecule has 7 nitrogen and oxygen atoms in total. The Balaban J connectivity index is 2.01. The summed E-state index contributed by atoms with van der Waals surface area (Å²) in [6.07, 6.45) is 4.40. The molecular weight excluding hydrogens is 320 g/mol. The topological polar surface area (TPSA) is 86.1 Å². The largest absolute Gasteiger partial charge is 0.462 e. The van der Waals surface area contributed by atoms with Crippen molar-refractivity contribution in [3.05, 3.63) is 72.2 Å². The number of pyridine rings is 1. The van der Waals surface area contributed by atoms with Crippen LogP contribution >= 0.6 is 0 Å². The lowest BCUT2D eigenvalue weighted by molar-refractivity contribution is 0.0527. The highest BCUT2D eigenvalue weighted by Gasteiger charge is 2.22. The van der Waals surface area contributed by atoms with Crippen molar-refractivity contribution < 1.29 is 14.3 Å². The predicted molar refractivity (Wildman–Crippen MR) is 91.7 cm³/mol. The zero-order valence-electron chi connectivity index (χ0n) is 13.5. The van der Waals surface area contributed by atoms with Crippen LogP contribution in [0.2, 0.25) is 0 Å². The molecule has 1 aromatic carbocycles. The molecule has 0 radical (unpaired) electrons. The standard InChI is InChI=1S/C18H16N4O3/c1-2-25-18(24)15-12-20-22(14-8-4-3-5-9-14)16(15)21-17(23)13-7-6-10-19-11-13/h3-12H,2H2,1H3,(H,21,23). The summed E-state index contributed by atoms with van der Waals surface area (Å²) in [5.41, 5.74) is 1.26. The Morgan fingerprint density at radius 3 is 2.60 bits per heavy atom. The number of anilines is 1. The molecule has 2 heterocycles. The van der Waals surface area contributed by atoms with Crippen LogP contribution in [-0.2, 0) is 4.74 Å². The molecule has 2 aromatic heterocycles. The fraction of sp³-hybridized carbons (Fsp3) is 0.111. The van der Waals surface area contributed by atoms with E-state index in [0.717, 1.165) is 0 Å². The van der Waals surface area contributed by atoms with Gasteiger partial charge >= 0.3 is 5.97 Å². The average Bonchev–Trinajstić information content (AvgIpc) is 3.07. The third-order valence-electron chi connectivity index (χ3n) is 3.42. The molecule has 1 N–H and O–H groups in total. The minimum Gasteiger partial charge on any atom is -0.462 e. The average molecular weight is 336 g/mol. The smallest absolute Gasteiger partial charge is 0.343 e. The van der Waals surface area contributed by atoms with Gasteiger partial charge in [-0.25, -0.2) is 9.48 Å². The zero-order chi connectivity index (χ0) is 17.6. The van der Waals surface area contributed by atoms with E-state index < -0.39 is 11.9 Å². The lowest BCUT2D eigenvalue weighted by Crippen LogP contribution is -2.18. The van der Waals surface area contributed by atoms with Crippen molar-refractivity contribution in [2.24, 2.45) is 0 Å². The van der Waals surface area contributed by atoms with Gasteiger partial charge in [-0.15, -0.1) is 0 Å². The lowest BCUT2D eigenvalue weighted by atomic mass is 10.2. The molecule has 0 aliphatic carbocycles. The number of amides is 1. The fourth-order valence-corrected chi connectivity index (χ4v) is 2.27. The minimum absolute atomic E-state index is 0.183. The molecule has 0 saturated heterocycles. The van der Waals surface area contributed by atoms with E-state index in [4.69, 9.17) is 4.74 Å². The minimum atomic E-state index is -0.550. The van der Waals surface area contributed by atoms with Gasteiger partial charge in [-0.05, 0) is 31.2 Å². The lowest BCUT2D eigenvalue weighted by Gasteiger charge is -2.11. The van der Waals surface area contributed by atoms with E-state index in [-0.39, 0.29) is 18.0 Å². The highest BCUT2D eigenvalue weighted by molar-refractivity contribution is 6.07. The molecule has 0 aliphatic rings. The van der Waals surface area contributed by atoms with Gasteiger partial charge in [0.25, 0.3) is 5.91 Å². The summed E-state index contributed by atoms with van der Waals surface area (Å²) in [6, 6.07) is 12.5. The Bertz CT molecular complexity index is 876. The molecule has 126 valence electrons. The highest BCUT2D eigenvalue weighted by atomic mass is 16.5. The first-order valence-corrected chi connectivity index (χ1v) is 7.72. The first-order chi connectivity index (χ1) is 12.2. The van der Waals surface area contributed by atoms with Gasteiger partial charge in [0, 0.05) is 12.4 Å². The summed E-state index contributed by atoms with van der Waals surface area (Å²) in [5, 5.41) is 6.96. The van der Waals surface area contributed by atoms with Gasteiger partial charge in [0.1, 0.15) is 5.56 Å². The maximum absolute atomic E-state index is 12.5. The molecule has 3 rings (SSSR count). The summed E-state index contributed by atoms with van der Waals surface area (Å²) < 4.78 is 6.54. The van der Waals surface area contributed by atoms with E-state index in [1.807, 2.05) is 30.3 Å². The molecule has 0 unspecified atom stereocenters. The predicted octanol–water partition coefficient (Wildman–Crippen LogP) is 2.70. The maximum Gasteiger partial charge on any atom is 0.343 e. The molecule has 0 bridgehead atoms. The number of hydrogen-bond acceptors (Lipinski definition) is 5. The van der Waals surface area contributed by atoms with E-state index in [9.17, 15) is 9.59 Å². The molecule has 0 spiro atoms. The van der Waals surface area contributed by atoms with Crippen molar-refractivity contribution in [3.8, 4) is 5.69 Å². The van der Waals surface area contributed by atoms with Crippen molar-refractivity contribution in [1.82, 2.24) is 14.8 Å². The second kappa shape index (κ2) is 7.39. The number of nitrogens with one attached hydrogen (secondary N) is 1. The van der Waals surface area contributed by atoms with Gasteiger partial charge in [0.2, 0.25) is 0 Å². The van der Waals surface area contributed by atoms with Crippen LogP contribution in [0.25, 0.3) is 5.69 Å². The van der Waals surface area contributed by atoms with Crippen LogP contribution in [0.4, 0.5) is 5.82 Å². The summed E-state index contributed by atoms with van der Waals surface area (Å²) in [7, 11) is 0. The quantitative estimate of drug-likeness (QED) is 0.724. The first kappa shape index (κ1) is 16.4. The molecule has 25 heavy (non-hydrogen) atoms. The first-order valence-electron chi connectivity index (χ1n) is 7.72. The number of carbonyl (C=O) groups is 2. The second-order valence-electron chi connectivity index (χ2n) is 5.07. The SMILES string of the molecule is CCOC(=O)c1cnn(-c2ccccc2)c1NC(=O)c1cccnc1.